The molecule has 78 valence electrons. The van der Waals surface area contributed by atoms with Crippen LogP contribution in [0.3, 0.4) is 0 Å². The first-order chi connectivity index (χ1) is 5.54. The third-order valence-electron chi connectivity index (χ3n) is 0.684. The van der Waals surface area contributed by atoms with Gasteiger partial charge in [-0.1, -0.05) is 0 Å². The van der Waals surface area contributed by atoms with E-state index < -0.39 is 27.7 Å². The maximum Gasteiger partial charge on any atom is 0.487 e. The predicted molar refractivity (Wildman–Crippen MR) is 29.5 cm³/mol. The number of nitro groups is 1. The molecule has 0 fully saturated rings. The molecule has 0 aliphatic carbocycles. The minimum Gasteiger partial charge on any atom is -0.263 e. The molecule has 0 aromatic heterocycles. The average Bonchev–Trinajstić information content (AvgIpc) is 1.77. The van der Waals surface area contributed by atoms with Crippen molar-refractivity contribution in [3.63, 3.8) is 0 Å². The van der Waals surface area contributed by atoms with Crippen molar-refractivity contribution >= 4 is 10.4 Å². The van der Waals surface area contributed by atoms with Crippen LogP contribution < -0.4 is 0 Å². The maximum atomic E-state index is 11.6. The van der Waals surface area contributed by atoms with Gasteiger partial charge in [0.2, 0.25) is 0 Å². The van der Waals surface area contributed by atoms with E-state index in [4.69, 9.17) is 4.55 Å². The molecule has 0 bridgehead atoms. The molecule has 0 aliphatic rings. The molecule has 0 saturated carbocycles. The lowest BCUT2D eigenvalue weighted by Gasteiger charge is -2.10. The summed E-state index contributed by atoms with van der Waals surface area (Å²) in [5.41, 5.74) is 0. The van der Waals surface area contributed by atoms with Crippen molar-refractivity contribution in [3.05, 3.63) is 10.1 Å². The third-order valence-corrected chi connectivity index (χ3v) is 1.11. The molecule has 0 heterocycles. The summed E-state index contributed by atoms with van der Waals surface area (Å²) in [6, 6.07) is 0. The van der Waals surface area contributed by atoms with Gasteiger partial charge < -0.3 is 0 Å². The molecule has 1 N–H and O–H groups in total. The van der Waals surface area contributed by atoms with Crippen molar-refractivity contribution in [1.82, 2.24) is 0 Å². The second kappa shape index (κ2) is 3.43. The van der Waals surface area contributed by atoms with Crippen LogP contribution in [0.4, 0.5) is 13.2 Å². The van der Waals surface area contributed by atoms with Gasteiger partial charge in [0.05, 0.1) is 4.92 Å². The summed E-state index contributed by atoms with van der Waals surface area (Å²) in [5.74, 6) is 0. The van der Waals surface area contributed by atoms with Crippen molar-refractivity contribution in [1.29, 1.82) is 0 Å². The fourth-order valence-corrected chi connectivity index (χ4v) is 0.734. The topological polar surface area (TPSA) is 107 Å². The molecule has 1 unspecified atom stereocenters. The quantitative estimate of drug-likeness (QED) is 0.313. The van der Waals surface area contributed by atoms with Crippen LogP contribution in [0.25, 0.3) is 0 Å². The van der Waals surface area contributed by atoms with Crippen LogP contribution >= 0.6 is 0 Å². The Morgan fingerprint density at radius 1 is 1.46 bits per heavy atom. The van der Waals surface area contributed by atoms with Crippen LogP contribution in [0.5, 0.6) is 0 Å². The van der Waals surface area contributed by atoms with E-state index in [9.17, 15) is 31.7 Å². The number of rotatable bonds is 3. The van der Waals surface area contributed by atoms with Gasteiger partial charge in [0.15, 0.2) is 0 Å². The molecule has 0 radical (unpaired) electrons. The molecule has 0 amide bonds. The molecule has 13 heavy (non-hydrogen) atoms. The van der Waals surface area contributed by atoms with Crippen molar-refractivity contribution in [2.75, 3.05) is 0 Å². The Kier molecular flexibility index (Phi) is 3.18. The Labute approximate surface area is 69.2 Å². The van der Waals surface area contributed by atoms with Crippen LogP contribution in [0.1, 0.15) is 0 Å². The normalized spacial score (nSPS) is 15.4. The minimum atomic E-state index is -5.51. The van der Waals surface area contributed by atoms with E-state index in [1.54, 1.807) is 0 Å². The zero-order valence-corrected chi connectivity index (χ0v) is 6.37. The van der Waals surface area contributed by atoms with Crippen molar-refractivity contribution < 1.29 is 35.2 Å². The van der Waals surface area contributed by atoms with Crippen LogP contribution in [-0.2, 0) is 14.6 Å². The molecule has 0 spiro atoms. The van der Waals surface area contributed by atoms with Gasteiger partial charge in [-0.2, -0.15) is 25.8 Å². The van der Waals surface area contributed by atoms with E-state index in [-0.39, 0.29) is 0 Å². The summed E-state index contributed by atoms with van der Waals surface area (Å²) < 4.78 is 64.6. The maximum absolute atomic E-state index is 11.6. The zero-order valence-electron chi connectivity index (χ0n) is 5.56. The summed E-state index contributed by atoms with van der Waals surface area (Å²) in [4.78, 5) is 7.57. The first-order valence-electron chi connectivity index (χ1n) is 2.40. The Morgan fingerprint density at radius 2 is 1.85 bits per heavy atom. The summed E-state index contributed by atoms with van der Waals surface area (Å²) in [6.07, 6.45) is -9.30. The SMILES string of the molecule is O=[N+]([O-])C(OS(=O)(=O)O)C(F)(F)F. The average molecular weight is 225 g/mol. The van der Waals surface area contributed by atoms with Crippen LogP contribution in [0.15, 0.2) is 0 Å². The fraction of sp³-hybridized carbons (Fsp3) is 1.00. The van der Waals surface area contributed by atoms with Crippen LogP contribution in [-0.4, -0.2) is 30.3 Å². The molecule has 0 aromatic carbocycles. The highest BCUT2D eigenvalue weighted by Crippen LogP contribution is 2.24. The molecular weight excluding hydrogens is 223 g/mol. The zero-order chi connectivity index (χ0) is 10.9. The minimum absolute atomic E-state index is 2.03. The van der Waals surface area contributed by atoms with Gasteiger partial charge in [0, 0.05) is 0 Å². The van der Waals surface area contributed by atoms with Crippen LogP contribution in [0, 0.1) is 10.1 Å². The summed E-state index contributed by atoms with van der Waals surface area (Å²) >= 11 is 0. The summed E-state index contributed by atoms with van der Waals surface area (Å²) in [6.45, 7) is 0. The van der Waals surface area contributed by atoms with Gasteiger partial charge in [-0.05, 0) is 0 Å². The molecule has 0 aromatic rings. The lowest BCUT2D eigenvalue weighted by molar-refractivity contribution is -0.604. The first-order valence-corrected chi connectivity index (χ1v) is 3.76. The lowest BCUT2D eigenvalue weighted by atomic mass is 10.6. The smallest absolute Gasteiger partial charge is 0.263 e. The molecule has 1 atom stereocenters. The van der Waals surface area contributed by atoms with Gasteiger partial charge >= 0.3 is 22.8 Å². The second-order valence-corrected chi connectivity index (χ2v) is 2.75. The Hall–Kier alpha value is -0.940. The van der Waals surface area contributed by atoms with Crippen molar-refractivity contribution in [2.24, 2.45) is 0 Å². The summed E-state index contributed by atoms with van der Waals surface area (Å²) in [5, 5.41) is 9.61. The number of nitrogens with zero attached hydrogens (tertiary/aromatic N) is 1. The Balaban J connectivity index is 4.77. The van der Waals surface area contributed by atoms with Gasteiger partial charge in [-0.15, -0.1) is 0 Å². The molecule has 0 aliphatic heterocycles. The fourth-order valence-electron chi connectivity index (χ4n) is 0.324. The van der Waals surface area contributed by atoms with E-state index in [0.717, 1.165) is 0 Å². The van der Waals surface area contributed by atoms with Crippen molar-refractivity contribution in [3.8, 4) is 0 Å². The highest BCUT2D eigenvalue weighted by Gasteiger charge is 2.53. The first kappa shape index (κ1) is 12.1. The lowest BCUT2D eigenvalue weighted by Crippen LogP contribution is -2.40. The number of hydrogen-bond donors (Lipinski definition) is 1. The molecule has 11 heteroatoms. The van der Waals surface area contributed by atoms with E-state index in [2.05, 4.69) is 4.18 Å². The monoisotopic (exact) mass is 225 g/mol. The summed E-state index contributed by atoms with van der Waals surface area (Å²) in [7, 11) is -5.51. The van der Waals surface area contributed by atoms with Crippen molar-refractivity contribution in [2.45, 2.75) is 12.4 Å². The molecule has 0 rings (SSSR count). The standard InChI is InChI=1S/C2H2F3NO6S/c3-2(4,5)1(6(7)8)12-13(9,10)11/h1H,(H,9,10,11). The highest BCUT2D eigenvalue weighted by molar-refractivity contribution is 7.80. The molecular formula is C2H2F3NO6S. The second-order valence-electron chi connectivity index (χ2n) is 1.70. The van der Waals surface area contributed by atoms with Gasteiger partial charge in [-0.3, -0.25) is 14.7 Å². The van der Waals surface area contributed by atoms with E-state index in [0.29, 0.717) is 0 Å². The Bertz CT molecular complexity index is 293. The van der Waals surface area contributed by atoms with Crippen LogP contribution in [0.2, 0.25) is 0 Å². The van der Waals surface area contributed by atoms with Gasteiger partial charge in [0.1, 0.15) is 0 Å². The molecule has 7 nitrogen and oxygen atoms in total. The van der Waals surface area contributed by atoms with Gasteiger partial charge in [-0.25, -0.2) is 0 Å². The van der Waals surface area contributed by atoms with E-state index in [1.165, 1.54) is 0 Å². The van der Waals surface area contributed by atoms with E-state index >= 15 is 0 Å². The van der Waals surface area contributed by atoms with E-state index in [1.807, 2.05) is 0 Å². The predicted octanol–water partition coefficient (Wildman–Crippen LogP) is -0.0291. The Morgan fingerprint density at radius 3 is 1.92 bits per heavy atom. The largest absolute Gasteiger partial charge is 0.487 e. The number of alkyl halides is 3. The molecule has 0 saturated heterocycles. The number of halogens is 3. The van der Waals surface area contributed by atoms with Gasteiger partial charge in [0.25, 0.3) is 0 Å². The highest BCUT2D eigenvalue weighted by atomic mass is 32.3. The third kappa shape index (κ3) is 4.59. The number of hydrogen-bond acceptors (Lipinski definition) is 5.